The van der Waals surface area contributed by atoms with Crippen LogP contribution in [0.5, 0.6) is 0 Å². The van der Waals surface area contributed by atoms with E-state index < -0.39 is 10.8 Å². The predicted octanol–water partition coefficient (Wildman–Crippen LogP) is 2.06. The van der Waals surface area contributed by atoms with Gasteiger partial charge < -0.3 is 0 Å². The largest absolute Gasteiger partial charge is 0.294 e. The van der Waals surface area contributed by atoms with Crippen molar-refractivity contribution < 1.29 is 4.21 Å². The Morgan fingerprint density at radius 3 is 2.71 bits per heavy atom. The SMILES string of the molecule is CCC1(CC)CN(Cc2ncnn2CC(C)C)CCS1=O. The Morgan fingerprint density at radius 2 is 2.10 bits per heavy atom. The van der Waals surface area contributed by atoms with E-state index in [1.165, 1.54) is 0 Å². The molecule has 2 rings (SSSR count). The Kier molecular flexibility index (Phi) is 5.54. The lowest BCUT2D eigenvalue weighted by molar-refractivity contribution is 0.218. The molecule has 1 aliphatic heterocycles. The third-order valence-electron chi connectivity index (χ3n) is 4.48. The molecule has 1 atom stereocenters. The molecule has 2 heterocycles. The molecule has 0 amide bonds. The maximum Gasteiger partial charge on any atom is 0.141 e. The zero-order valence-electron chi connectivity index (χ0n) is 13.7. The molecule has 0 saturated carbocycles. The van der Waals surface area contributed by atoms with Gasteiger partial charge in [0.25, 0.3) is 0 Å². The monoisotopic (exact) mass is 312 g/mol. The first kappa shape index (κ1) is 16.6. The van der Waals surface area contributed by atoms with Gasteiger partial charge in [0.05, 0.1) is 11.3 Å². The highest BCUT2D eigenvalue weighted by atomic mass is 32.2. The smallest absolute Gasteiger partial charge is 0.141 e. The molecule has 0 bridgehead atoms. The van der Waals surface area contributed by atoms with Crippen molar-refractivity contribution in [3.63, 3.8) is 0 Å². The van der Waals surface area contributed by atoms with Crippen LogP contribution in [0, 0.1) is 5.92 Å². The van der Waals surface area contributed by atoms with Crippen LogP contribution < -0.4 is 0 Å². The summed E-state index contributed by atoms with van der Waals surface area (Å²) >= 11 is 0. The van der Waals surface area contributed by atoms with E-state index in [0.717, 1.165) is 50.6 Å². The average Bonchev–Trinajstić information content (AvgIpc) is 2.87. The van der Waals surface area contributed by atoms with Gasteiger partial charge in [-0.15, -0.1) is 0 Å². The Balaban J connectivity index is 2.07. The highest BCUT2D eigenvalue weighted by Gasteiger charge is 2.38. The van der Waals surface area contributed by atoms with E-state index in [-0.39, 0.29) is 4.75 Å². The summed E-state index contributed by atoms with van der Waals surface area (Å²) in [4.78, 5) is 6.81. The summed E-state index contributed by atoms with van der Waals surface area (Å²) in [5.41, 5.74) is 0. The second kappa shape index (κ2) is 7.01. The predicted molar refractivity (Wildman–Crippen MR) is 86.5 cm³/mol. The van der Waals surface area contributed by atoms with E-state index in [2.05, 4.69) is 42.7 Å². The fraction of sp³-hybridized carbons (Fsp3) is 0.867. The highest BCUT2D eigenvalue weighted by molar-refractivity contribution is 7.86. The van der Waals surface area contributed by atoms with Crippen molar-refractivity contribution in [3.05, 3.63) is 12.2 Å². The first-order valence-electron chi connectivity index (χ1n) is 7.98. The standard InChI is InChI=1S/C15H28N4OS/c1-5-15(6-2)11-18(7-8-21(15)20)10-14-16-12-17-19(14)9-13(3)4/h12-13H,5-11H2,1-4H3. The first-order valence-corrected chi connectivity index (χ1v) is 9.30. The lowest BCUT2D eigenvalue weighted by atomic mass is 10.0. The van der Waals surface area contributed by atoms with Crippen molar-refractivity contribution in [2.45, 2.75) is 58.4 Å². The van der Waals surface area contributed by atoms with E-state index in [1.54, 1.807) is 6.33 Å². The molecule has 0 aliphatic carbocycles. The fourth-order valence-electron chi connectivity index (χ4n) is 3.03. The zero-order valence-corrected chi connectivity index (χ0v) is 14.5. The van der Waals surface area contributed by atoms with Gasteiger partial charge >= 0.3 is 0 Å². The molecule has 1 aromatic rings. The molecule has 1 aromatic heterocycles. The second-order valence-corrected chi connectivity index (χ2v) is 8.37. The molecule has 120 valence electrons. The molecule has 5 nitrogen and oxygen atoms in total. The van der Waals surface area contributed by atoms with Crippen LogP contribution in [-0.2, 0) is 23.9 Å². The molecular formula is C15H28N4OS. The van der Waals surface area contributed by atoms with Crippen LogP contribution >= 0.6 is 0 Å². The van der Waals surface area contributed by atoms with E-state index in [4.69, 9.17) is 0 Å². The van der Waals surface area contributed by atoms with Crippen molar-refractivity contribution in [2.75, 3.05) is 18.8 Å². The van der Waals surface area contributed by atoms with Gasteiger partial charge in [-0.2, -0.15) is 5.10 Å². The van der Waals surface area contributed by atoms with Crippen LogP contribution in [0.1, 0.15) is 46.4 Å². The summed E-state index contributed by atoms with van der Waals surface area (Å²) in [5.74, 6) is 2.36. The van der Waals surface area contributed by atoms with Crippen LogP contribution in [0.15, 0.2) is 6.33 Å². The summed E-state index contributed by atoms with van der Waals surface area (Å²) < 4.78 is 14.4. The highest BCUT2D eigenvalue weighted by Crippen LogP contribution is 2.29. The quantitative estimate of drug-likeness (QED) is 0.807. The summed E-state index contributed by atoms with van der Waals surface area (Å²) in [6.07, 6.45) is 3.60. The van der Waals surface area contributed by atoms with Crippen LogP contribution in [0.3, 0.4) is 0 Å². The maximum absolute atomic E-state index is 12.4. The number of nitrogens with zero attached hydrogens (tertiary/aromatic N) is 4. The van der Waals surface area contributed by atoms with E-state index >= 15 is 0 Å². The summed E-state index contributed by atoms with van der Waals surface area (Å²) in [7, 11) is -0.705. The van der Waals surface area contributed by atoms with Crippen LogP contribution in [0.25, 0.3) is 0 Å². The van der Waals surface area contributed by atoms with Gasteiger partial charge in [-0.25, -0.2) is 9.67 Å². The van der Waals surface area contributed by atoms with Gasteiger partial charge in [-0.3, -0.25) is 9.11 Å². The Hall–Kier alpha value is -0.750. The number of rotatable bonds is 6. The van der Waals surface area contributed by atoms with Gasteiger partial charge in [0, 0.05) is 36.2 Å². The third kappa shape index (κ3) is 3.72. The minimum Gasteiger partial charge on any atom is -0.294 e. The van der Waals surface area contributed by atoms with E-state index in [0.29, 0.717) is 5.92 Å². The van der Waals surface area contributed by atoms with Gasteiger partial charge in [0.15, 0.2) is 0 Å². The third-order valence-corrected chi connectivity index (χ3v) is 6.70. The summed E-state index contributed by atoms with van der Waals surface area (Å²) in [6, 6.07) is 0. The van der Waals surface area contributed by atoms with Crippen molar-refractivity contribution in [2.24, 2.45) is 5.92 Å². The minimum atomic E-state index is -0.705. The molecule has 0 N–H and O–H groups in total. The molecule has 6 heteroatoms. The molecule has 1 saturated heterocycles. The number of hydrogen-bond acceptors (Lipinski definition) is 4. The normalized spacial score (nSPS) is 22.8. The Bertz CT molecular complexity index is 482. The lowest BCUT2D eigenvalue weighted by Gasteiger charge is -2.41. The Morgan fingerprint density at radius 1 is 1.38 bits per heavy atom. The number of hydrogen-bond donors (Lipinski definition) is 0. The van der Waals surface area contributed by atoms with Gasteiger partial charge in [-0.05, 0) is 18.8 Å². The van der Waals surface area contributed by atoms with Gasteiger partial charge in [0.1, 0.15) is 12.2 Å². The molecule has 21 heavy (non-hydrogen) atoms. The van der Waals surface area contributed by atoms with Crippen molar-refractivity contribution >= 4 is 10.8 Å². The van der Waals surface area contributed by atoms with Crippen LogP contribution in [-0.4, -0.2) is 47.5 Å². The van der Waals surface area contributed by atoms with E-state index in [9.17, 15) is 4.21 Å². The Labute approximate surface area is 130 Å². The number of aromatic nitrogens is 3. The van der Waals surface area contributed by atoms with Gasteiger partial charge in [-0.1, -0.05) is 27.7 Å². The molecule has 0 radical (unpaired) electrons. The van der Waals surface area contributed by atoms with Gasteiger partial charge in [0.2, 0.25) is 0 Å². The minimum absolute atomic E-state index is 0.0405. The molecule has 1 aliphatic rings. The summed E-state index contributed by atoms with van der Waals surface area (Å²) in [5, 5.41) is 4.33. The topological polar surface area (TPSA) is 51.0 Å². The van der Waals surface area contributed by atoms with Crippen molar-refractivity contribution in [1.29, 1.82) is 0 Å². The second-order valence-electron chi connectivity index (χ2n) is 6.40. The molecule has 1 fully saturated rings. The van der Waals surface area contributed by atoms with Crippen molar-refractivity contribution in [1.82, 2.24) is 19.7 Å². The van der Waals surface area contributed by atoms with Crippen LogP contribution in [0.4, 0.5) is 0 Å². The first-order chi connectivity index (χ1) is 10.0. The maximum atomic E-state index is 12.4. The lowest BCUT2D eigenvalue weighted by Crippen LogP contribution is -2.52. The molecular weight excluding hydrogens is 284 g/mol. The molecule has 0 spiro atoms. The zero-order chi connectivity index (χ0) is 15.5. The average molecular weight is 312 g/mol. The molecule has 0 aromatic carbocycles. The summed E-state index contributed by atoms with van der Waals surface area (Å²) in [6.45, 7) is 12.2. The van der Waals surface area contributed by atoms with Crippen LogP contribution in [0.2, 0.25) is 0 Å². The fourth-order valence-corrected chi connectivity index (χ4v) is 4.85. The van der Waals surface area contributed by atoms with E-state index in [1.807, 2.05) is 4.68 Å². The molecule has 1 unspecified atom stereocenters. The van der Waals surface area contributed by atoms with Crippen molar-refractivity contribution in [3.8, 4) is 0 Å².